The van der Waals surface area contributed by atoms with Gasteiger partial charge in [-0.15, -0.1) is 11.8 Å². The average Bonchev–Trinajstić information content (AvgIpc) is 2.57. The SMILES string of the molecule is CSc1nc2c(cc1C(=O)c1ccccc1)C(=O)C=CC2=O. The smallest absolute Gasteiger partial charge is 0.205 e. The highest BCUT2D eigenvalue weighted by atomic mass is 32.2. The predicted octanol–water partition coefficient (Wildman–Crippen LogP) is 2.97. The van der Waals surface area contributed by atoms with Gasteiger partial charge in [0.15, 0.2) is 11.6 Å². The molecule has 0 unspecified atom stereocenters. The molecule has 0 radical (unpaired) electrons. The van der Waals surface area contributed by atoms with E-state index in [2.05, 4.69) is 4.98 Å². The van der Waals surface area contributed by atoms with E-state index in [0.717, 1.165) is 0 Å². The quantitative estimate of drug-likeness (QED) is 0.644. The first-order valence-electron chi connectivity index (χ1n) is 6.57. The number of pyridine rings is 1. The Morgan fingerprint density at radius 1 is 1.05 bits per heavy atom. The number of carbonyl (C=O) groups excluding carboxylic acids is 3. The molecule has 4 nitrogen and oxygen atoms in total. The summed E-state index contributed by atoms with van der Waals surface area (Å²) in [5.41, 5.74) is 1.16. The fraction of sp³-hybridized carbons (Fsp3) is 0.0588. The van der Waals surface area contributed by atoms with E-state index in [4.69, 9.17) is 0 Å². The number of hydrogen-bond acceptors (Lipinski definition) is 5. The summed E-state index contributed by atoms with van der Waals surface area (Å²) in [5, 5.41) is 0.448. The maximum Gasteiger partial charge on any atom is 0.205 e. The first-order chi connectivity index (χ1) is 10.6. The molecule has 0 fully saturated rings. The van der Waals surface area contributed by atoms with E-state index < -0.39 is 0 Å². The number of carbonyl (C=O) groups is 3. The standard InChI is InChI=1S/C17H11NO3S/c1-22-17-12(16(21)10-5-3-2-4-6-10)9-11-13(19)7-8-14(20)15(11)18-17/h2-9H,1H3. The van der Waals surface area contributed by atoms with Crippen LogP contribution in [0.3, 0.4) is 0 Å². The van der Waals surface area contributed by atoms with Crippen molar-refractivity contribution in [3.05, 3.63) is 70.9 Å². The van der Waals surface area contributed by atoms with Gasteiger partial charge in [0, 0.05) is 5.56 Å². The van der Waals surface area contributed by atoms with Crippen LogP contribution in [0.1, 0.15) is 36.8 Å². The number of nitrogens with zero attached hydrogens (tertiary/aromatic N) is 1. The summed E-state index contributed by atoms with van der Waals surface area (Å²) in [6.07, 6.45) is 4.20. The molecule has 0 amide bonds. The third-order valence-corrected chi connectivity index (χ3v) is 4.04. The molecule has 22 heavy (non-hydrogen) atoms. The summed E-state index contributed by atoms with van der Waals surface area (Å²) < 4.78 is 0. The molecule has 0 aliphatic heterocycles. The van der Waals surface area contributed by atoms with E-state index in [1.807, 2.05) is 6.07 Å². The maximum atomic E-state index is 12.6. The van der Waals surface area contributed by atoms with Crippen molar-refractivity contribution in [1.82, 2.24) is 4.98 Å². The summed E-state index contributed by atoms with van der Waals surface area (Å²) >= 11 is 1.27. The molecular formula is C17H11NO3S. The van der Waals surface area contributed by atoms with Crippen molar-refractivity contribution in [3.63, 3.8) is 0 Å². The van der Waals surface area contributed by atoms with E-state index in [-0.39, 0.29) is 28.6 Å². The van der Waals surface area contributed by atoms with Gasteiger partial charge < -0.3 is 0 Å². The first kappa shape index (κ1) is 14.4. The monoisotopic (exact) mass is 309 g/mol. The topological polar surface area (TPSA) is 64.1 Å². The summed E-state index contributed by atoms with van der Waals surface area (Å²) in [5.74, 6) is -0.837. The Labute approximate surface area is 131 Å². The van der Waals surface area contributed by atoms with Gasteiger partial charge in [0.2, 0.25) is 5.78 Å². The van der Waals surface area contributed by atoms with Crippen molar-refractivity contribution < 1.29 is 14.4 Å². The van der Waals surface area contributed by atoms with E-state index in [0.29, 0.717) is 16.2 Å². The molecule has 1 heterocycles. The van der Waals surface area contributed by atoms with Crippen molar-refractivity contribution in [2.75, 3.05) is 6.26 Å². The normalized spacial score (nSPS) is 13.1. The van der Waals surface area contributed by atoms with Crippen LogP contribution in [-0.2, 0) is 0 Å². The Morgan fingerprint density at radius 2 is 1.73 bits per heavy atom. The van der Waals surface area contributed by atoms with Gasteiger partial charge in [0.05, 0.1) is 11.1 Å². The van der Waals surface area contributed by atoms with E-state index in [9.17, 15) is 14.4 Å². The number of allylic oxidation sites excluding steroid dienone is 2. The molecule has 1 aromatic heterocycles. The highest BCUT2D eigenvalue weighted by Gasteiger charge is 2.25. The number of thioether (sulfide) groups is 1. The number of fused-ring (bicyclic) bond motifs is 1. The highest BCUT2D eigenvalue weighted by molar-refractivity contribution is 7.98. The van der Waals surface area contributed by atoms with Gasteiger partial charge in [-0.3, -0.25) is 14.4 Å². The minimum atomic E-state index is -0.316. The minimum Gasteiger partial charge on any atom is -0.289 e. The van der Waals surface area contributed by atoms with Gasteiger partial charge in [-0.1, -0.05) is 30.3 Å². The molecule has 0 atom stereocenters. The van der Waals surface area contributed by atoms with Crippen LogP contribution in [-0.4, -0.2) is 28.6 Å². The van der Waals surface area contributed by atoms with Crippen molar-refractivity contribution in [2.45, 2.75) is 5.03 Å². The molecule has 0 spiro atoms. The third kappa shape index (κ3) is 2.40. The summed E-state index contributed by atoms with van der Waals surface area (Å²) in [7, 11) is 0. The molecular weight excluding hydrogens is 298 g/mol. The lowest BCUT2D eigenvalue weighted by atomic mass is 9.96. The van der Waals surface area contributed by atoms with Gasteiger partial charge in [0.1, 0.15) is 10.7 Å². The second kappa shape index (κ2) is 5.69. The van der Waals surface area contributed by atoms with E-state index in [1.165, 1.54) is 30.0 Å². The Hall–Kier alpha value is -2.53. The molecule has 108 valence electrons. The van der Waals surface area contributed by atoms with Crippen LogP contribution in [0.2, 0.25) is 0 Å². The van der Waals surface area contributed by atoms with Gasteiger partial charge in [0.25, 0.3) is 0 Å². The Morgan fingerprint density at radius 3 is 2.41 bits per heavy atom. The number of benzene rings is 1. The summed E-state index contributed by atoms with van der Waals surface area (Å²) in [6, 6.07) is 10.3. The number of rotatable bonds is 3. The third-order valence-electron chi connectivity index (χ3n) is 3.35. The Balaban J connectivity index is 2.17. The lowest BCUT2D eigenvalue weighted by Gasteiger charge is -2.13. The van der Waals surface area contributed by atoms with Crippen LogP contribution >= 0.6 is 11.8 Å². The lowest BCUT2D eigenvalue weighted by molar-refractivity contribution is 0.0987. The fourth-order valence-corrected chi connectivity index (χ4v) is 2.81. The van der Waals surface area contributed by atoms with Crippen LogP contribution in [0.4, 0.5) is 0 Å². The fourth-order valence-electron chi connectivity index (χ4n) is 2.26. The molecule has 3 rings (SSSR count). The Kier molecular flexibility index (Phi) is 3.73. The molecule has 0 saturated carbocycles. The predicted molar refractivity (Wildman–Crippen MR) is 83.7 cm³/mol. The minimum absolute atomic E-state index is 0.112. The number of aromatic nitrogens is 1. The van der Waals surface area contributed by atoms with E-state index >= 15 is 0 Å². The molecule has 2 aromatic rings. The van der Waals surface area contributed by atoms with Crippen LogP contribution in [0.5, 0.6) is 0 Å². The molecule has 0 saturated heterocycles. The molecule has 1 aliphatic rings. The maximum absolute atomic E-state index is 12.6. The second-order valence-corrected chi connectivity index (χ2v) is 5.49. The van der Waals surface area contributed by atoms with Crippen LogP contribution < -0.4 is 0 Å². The zero-order chi connectivity index (χ0) is 15.7. The molecule has 1 aliphatic carbocycles. The Bertz CT molecular complexity index is 825. The van der Waals surface area contributed by atoms with Crippen LogP contribution in [0, 0.1) is 0 Å². The van der Waals surface area contributed by atoms with Crippen molar-refractivity contribution in [1.29, 1.82) is 0 Å². The average molecular weight is 309 g/mol. The van der Waals surface area contributed by atoms with Crippen molar-refractivity contribution in [2.24, 2.45) is 0 Å². The summed E-state index contributed by atoms with van der Waals surface area (Å²) in [6.45, 7) is 0. The zero-order valence-corrected chi connectivity index (χ0v) is 12.5. The number of ketones is 3. The molecule has 0 bridgehead atoms. The van der Waals surface area contributed by atoms with Crippen LogP contribution in [0.15, 0.2) is 53.6 Å². The van der Waals surface area contributed by atoms with Gasteiger partial charge in [-0.25, -0.2) is 4.98 Å². The number of hydrogen-bond donors (Lipinski definition) is 0. The van der Waals surface area contributed by atoms with Gasteiger partial charge in [-0.05, 0) is 24.5 Å². The largest absolute Gasteiger partial charge is 0.289 e. The first-order valence-corrected chi connectivity index (χ1v) is 7.80. The van der Waals surface area contributed by atoms with Crippen molar-refractivity contribution >= 4 is 29.1 Å². The van der Waals surface area contributed by atoms with Gasteiger partial charge in [-0.2, -0.15) is 0 Å². The highest BCUT2D eigenvalue weighted by Crippen LogP contribution is 2.26. The molecule has 5 heteroatoms. The van der Waals surface area contributed by atoms with Gasteiger partial charge >= 0.3 is 0 Å². The van der Waals surface area contributed by atoms with E-state index in [1.54, 1.807) is 30.5 Å². The summed E-state index contributed by atoms with van der Waals surface area (Å²) in [4.78, 5) is 40.7. The molecule has 0 N–H and O–H groups in total. The zero-order valence-electron chi connectivity index (χ0n) is 11.7. The second-order valence-electron chi connectivity index (χ2n) is 4.70. The van der Waals surface area contributed by atoms with Crippen LogP contribution in [0.25, 0.3) is 0 Å². The van der Waals surface area contributed by atoms with Crippen molar-refractivity contribution in [3.8, 4) is 0 Å². The molecule has 1 aromatic carbocycles. The lowest BCUT2D eigenvalue weighted by Crippen LogP contribution is -2.17.